The highest BCUT2D eigenvalue weighted by Crippen LogP contribution is 2.18. The van der Waals surface area contributed by atoms with E-state index in [2.05, 4.69) is 10.3 Å². The number of carbonyl (C=O) groups is 1. The van der Waals surface area contributed by atoms with E-state index in [9.17, 15) is 9.90 Å². The van der Waals surface area contributed by atoms with Crippen molar-refractivity contribution >= 4 is 5.91 Å². The Morgan fingerprint density at radius 2 is 2.28 bits per heavy atom. The molecule has 4 nitrogen and oxygen atoms in total. The molecule has 98 valence electrons. The van der Waals surface area contributed by atoms with Crippen LogP contribution in [0.15, 0.2) is 24.5 Å². The number of pyridine rings is 1. The van der Waals surface area contributed by atoms with E-state index in [0.29, 0.717) is 12.8 Å². The summed E-state index contributed by atoms with van der Waals surface area (Å²) in [6.07, 6.45) is 8.12. The van der Waals surface area contributed by atoms with Gasteiger partial charge in [-0.1, -0.05) is 18.9 Å². The number of aliphatic hydroxyl groups is 1. The maximum atomic E-state index is 11.8. The van der Waals surface area contributed by atoms with Crippen LogP contribution in [0.25, 0.3) is 0 Å². The maximum Gasteiger partial charge on any atom is 0.220 e. The number of aromatic nitrogens is 1. The van der Waals surface area contributed by atoms with Crippen molar-refractivity contribution in [2.45, 2.75) is 50.7 Å². The predicted octanol–water partition coefficient (Wildman–Crippen LogP) is 1.43. The monoisotopic (exact) mass is 248 g/mol. The molecule has 0 aromatic carbocycles. The lowest BCUT2D eigenvalue weighted by Crippen LogP contribution is -2.45. The standard InChI is InChI=1S/C14H20N2O2/c17-13-6-2-1-5-12(13)16-14(18)8-7-11-4-3-9-15-10-11/h3-4,9-10,12-13,17H,1-2,5-8H2,(H,16,18)/t12-,13-/m0/s1. The number of aliphatic hydroxyl groups excluding tert-OH is 1. The van der Waals surface area contributed by atoms with Crippen molar-refractivity contribution in [3.05, 3.63) is 30.1 Å². The lowest BCUT2D eigenvalue weighted by molar-refractivity contribution is -0.123. The normalized spacial score (nSPS) is 23.6. The average molecular weight is 248 g/mol. The average Bonchev–Trinajstić information content (AvgIpc) is 2.40. The van der Waals surface area contributed by atoms with Gasteiger partial charge >= 0.3 is 0 Å². The summed E-state index contributed by atoms with van der Waals surface area (Å²) >= 11 is 0. The second-order valence-electron chi connectivity index (χ2n) is 4.89. The lowest BCUT2D eigenvalue weighted by atomic mass is 9.92. The second kappa shape index (κ2) is 6.50. The van der Waals surface area contributed by atoms with Crippen molar-refractivity contribution in [2.24, 2.45) is 0 Å². The van der Waals surface area contributed by atoms with Crippen LogP contribution in [0.5, 0.6) is 0 Å². The van der Waals surface area contributed by atoms with Gasteiger partial charge in [0.25, 0.3) is 0 Å². The van der Waals surface area contributed by atoms with Crippen molar-refractivity contribution in [2.75, 3.05) is 0 Å². The number of rotatable bonds is 4. The summed E-state index contributed by atoms with van der Waals surface area (Å²) < 4.78 is 0. The Balaban J connectivity index is 1.75. The lowest BCUT2D eigenvalue weighted by Gasteiger charge is -2.28. The van der Waals surface area contributed by atoms with E-state index in [4.69, 9.17) is 0 Å². The largest absolute Gasteiger partial charge is 0.391 e. The number of hydrogen-bond donors (Lipinski definition) is 2. The van der Waals surface area contributed by atoms with Crippen LogP contribution in [0.2, 0.25) is 0 Å². The number of amides is 1. The minimum atomic E-state index is -0.374. The summed E-state index contributed by atoms with van der Waals surface area (Å²) in [6.45, 7) is 0. The molecule has 0 unspecified atom stereocenters. The van der Waals surface area contributed by atoms with Crippen LogP contribution in [0.4, 0.5) is 0 Å². The molecular formula is C14H20N2O2. The van der Waals surface area contributed by atoms with E-state index >= 15 is 0 Å². The van der Waals surface area contributed by atoms with Crippen LogP contribution in [0, 0.1) is 0 Å². The van der Waals surface area contributed by atoms with Crippen LogP contribution < -0.4 is 5.32 Å². The summed E-state index contributed by atoms with van der Waals surface area (Å²) in [5, 5.41) is 12.7. The van der Waals surface area contributed by atoms with Gasteiger partial charge in [-0.2, -0.15) is 0 Å². The van der Waals surface area contributed by atoms with Gasteiger partial charge in [-0.15, -0.1) is 0 Å². The molecule has 4 heteroatoms. The van der Waals surface area contributed by atoms with Gasteiger partial charge in [-0.25, -0.2) is 0 Å². The second-order valence-corrected chi connectivity index (χ2v) is 4.89. The third kappa shape index (κ3) is 3.81. The fourth-order valence-corrected chi connectivity index (χ4v) is 2.36. The van der Waals surface area contributed by atoms with Crippen molar-refractivity contribution in [3.63, 3.8) is 0 Å². The topological polar surface area (TPSA) is 62.2 Å². The van der Waals surface area contributed by atoms with Gasteiger partial charge in [-0.3, -0.25) is 9.78 Å². The molecule has 1 aliphatic rings. The molecule has 1 aromatic rings. The molecule has 1 aromatic heterocycles. The van der Waals surface area contributed by atoms with Gasteiger partial charge in [-0.05, 0) is 30.9 Å². The minimum absolute atomic E-state index is 0.0183. The highest BCUT2D eigenvalue weighted by atomic mass is 16.3. The zero-order valence-corrected chi connectivity index (χ0v) is 10.5. The molecule has 18 heavy (non-hydrogen) atoms. The molecule has 1 fully saturated rings. The molecule has 2 rings (SSSR count). The van der Waals surface area contributed by atoms with Crippen molar-refractivity contribution in [3.8, 4) is 0 Å². The van der Waals surface area contributed by atoms with E-state index in [1.807, 2.05) is 12.1 Å². The molecule has 1 saturated carbocycles. The molecule has 2 N–H and O–H groups in total. The molecule has 0 bridgehead atoms. The Labute approximate surface area is 107 Å². The Bertz CT molecular complexity index is 381. The number of carbonyl (C=O) groups excluding carboxylic acids is 1. The molecule has 2 atom stereocenters. The molecule has 1 heterocycles. The molecule has 1 amide bonds. The fraction of sp³-hybridized carbons (Fsp3) is 0.571. The number of nitrogens with zero attached hydrogens (tertiary/aromatic N) is 1. The van der Waals surface area contributed by atoms with Gasteiger partial charge in [0.05, 0.1) is 12.1 Å². The molecule has 0 aliphatic heterocycles. The number of nitrogens with one attached hydrogen (secondary N) is 1. The van der Waals surface area contributed by atoms with E-state index in [-0.39, 0.29) is 18.1 Å². The van der Waals surface area contributed by atoms with Crippen LogP contribution >= 0.6 is 0 Å². The number of hydrogen-bond acceptors (Lipinski definition) is 3. The van der Waals surface area contributed by atoms with Crippen molar-refractivity contribution < 1.29 is 9.90 Å². The Morgan fingerprint density at radius 3 is 3.00 bits per heavy atom. The van der Waals surface area contributed by atoms with Crippen LogP contribution in [-0.4, -0.2) is 28.1 Å². The van der Waals surface area contributed by atoms with Crippen molar-refractivity contribution in [1.29, 1.82) is 0 Å². The first kappa shape index (κ1) is 13.0. The van der Waals surface area contributed by atoms with Gasteiger partial charge in [0.2, 0.25) is 5.91 Å². The van der Waals surface area contributed by atoms with Gasteiger partial charge in [0.15, 0.2) is 0 Å². The van der Waals surface area contributed by atoms with E-state index in [0.717, 1.165) is 31.2 Å². The third-order valence-electron chi connectivity index (χ3n) is 3.44. The Kier molecular flexibility index (Phi) is 4.70. The van der Waals surface area contributed by atoms with Crippen LogP contribution in [0.1, 0.15) is 37.7 Å². The minimum Gasteiger partial charge on any atom is -0.391 e. The smallest absolute Gasteiger partial charge is 0.220 e. The van der Waals surface area contributed by atoms with Gasteiger partial charge in [0.1, 0.15) is 0 Å². The first-order valence-corrected chi connectivity index (χ1v) is 6.62. The molecule has 0 radical (unpaired) electrons. The zero-order valence-electron chi connectivity index (χ0n) is 10.5. The highest BCUT2D eigenvalue weighted by Gasteiger charge is 2.24. The summed E-state index contributed by atoms with van der Waals surface area (Å²) in [6, 6.07) is 3.79. The van der Waals surface area contributed by atoms with E-state index < -0.39 is 0 Å². The summed E-state index contributed by atoms with van der Waals surface area (Å²) in [4.78, 5) is 15.8. The van der Waals surface area contributed by atoms with Gasteiger partial charge in [0, 0.05) is 18.8 Å². The van der Waals surface area contributed by atoms with Crippen LogP contribution in [0.3, 0.4) is 0 Å². The zero-order chi connectivity index (χ0) is 12.8. The fourth-order valence-electron chi connectivity index (χ4n) is 2.36. The Hall–Kier alpha value is -1.42. The predicted molar refractivity (Wildman–Crippen MR) is 69.0 cm³/mol. The third-order valence-corrected chi connectivity index (χ3v) is 3.44. The first-order chi connectivity index (χ1) is 8.75. The van der Waals surface area contributed by atoms with E-state index in [1.54, 1.807) is 12.4 Å². The quantitative estimate of drug-likeness (QED) is 0.847. The molecule has 1 aliphatic carbocycles. The summed E-state index contributed by atoms with van der Waals surface area (Å²) in [7, 11) is 0. The van der Waals surface area contributed by atoms with Crippen LogP contribution in [-0.2, 0) is 11.2 Å². The first-order valence-electron chi connectivity index (χ1n) is 6.62. The number of aryl methyl sites for hydroxylation is 1. The molecular weight excluding hydrogens is 228 g/mol. The summed E-state index contributed by atoms with van der Waals surface area (Å²) in [5.74, 6) is 0.0183. The molecule has 0 saturated heterocycles. The van der Waals surface area contributed by atoms with Gasteiger partial charge < -0.3 is 10.4 Å². The molecule has 0 spiro atoms. The van der Waals surface area contributed by atoms with E-state index in [1.165, 1.54) is 0 Å². The SMILES string of the molecule is O=C(CCc1cccnc1)N[C@H]1CCCC[C@@H]1O. The highest BCUT2D eigenvalue weighted by molar-refractivity contribution is 5.76. The Morgan fingerprint density at radius 1 is 1.44 bits per heavy atom. The maximum absolute atomic E-state index is 11.8. The summed E-state index contributed by atoms with van der Waals surface area (Å²) in [5.41, 5.74) is 1.07. The van der Waals surface area contributed by atoms with Crippen molar-refractivity contribution in [1.82, 2.24) is 10.3 Å².